The predicted octanol–water partition coefficient (Wildman–Crippen LogP) is 4.19. The fraction of sp³-hybridized carbons (Fsp3) is 0.111. The summed E-state index contributed by atoms with van der Waals surface area (Å²) < 4.78 is 36.2. The number of allylic oxidation sites excluding steroid dienone is 2. The van der Waals surface area contributed by atoms with Crippen LogP contribution in [0.15, 0.2) is 52.9 Å². The number of benzene rings is 2. The Morgan fingerprint density at radius 1 is 1.05 bits per heavy atom. The third-order valence-electron chi connectivity index (χ3n) is 3.72. The van der Waals surface area contributed by atoms with Gasteiger partial charge in [-0.05, 0) is 65.1 Å². The number of hydrogen-bond donors (Lipinski definition) is 0. The lowest BCUT2D eigenvalue weighted by Crippen LogP contribution is -1.96. The second kappa shape index (κ2) is 5.21. The van der Waals surface area contributed by atoms with Gasteiger partial charge in [0.15, 0.2) is 9.84 Å². The summed E-state index contributed by atoms with van der Waals surface area (Å²) in [5, 5.41) is 0. The van der Waals surface area contributed by atoms with E-state index in [1.54, 1.807) is 30.3 Å². The topological polar surface area (TPSA) is 34.1 Å². The molecule has 2 nitrogen and oxygen atoms in total. The molecule has 2 aromatic rings. The Kier molecular flexibility index (Phi) is 3.49. The average Bonchev–Trinajstić information content (AvgIpc) is 2.74. The number of fused-ring (bicyclic) bond motifs is 1. The van der Waals surface area contributed by atoms with Gasteiger partial charge in [-0.25, -0.2) is 12.8 Å². The van der Waals surface area contributed by atoms with E-state index in [2.05, 4.69) is 0 Å². The van der Waals surface area contributed by atoms with Crippen LogP contribution in [0.5, 0.6) is 0 Å². The van der Waals surface area contributed by atoms with Gasteiger partial charge < -0.3 is 0 Å². The molecule has 3 rings (SSSR count). The van der Waals surface area contributed by atoms with Gasteiger partial charge in [-0.3, -0.25) is 0 Å². The van der Waals surface area contributed by atoms with Crippen molar-refractivity contribution in [3.8, 4) is 0 Å². The van der Waals surface area contributed by atoms with Gasteiger partial charge in [0.25, 0.3) is 0 Å². The fourth-order valence-corrected chi connectivity index (χ4v) is 3.22. The Hall–Kier alpha value is -2.20. The minimum Gasteiger partial charge on any atom is -0.224 e. The normalized spacial score (nSPS) is 15.8. The van der Waals surface area contributed by atoms with Crippen LogP contribution >= 0.6 is 0 Å². The van der Waals surface area contributed by atoms with Crippen LogP contribution in [0.2, 0.25) is 0 Å². The van der Waals surface area contributed by atoms with Crippen LogP contribution < -0.4 is 0 Å². The number of sulfone groups is 1. The minimum absolute atomic E-state index is 0.249. The summed E-state index contributed by atoms with van der Waals surface area (Å²) in [6.45, 7) is 1.98. The summed E-state index contributed by atoms with van der Waals surface area (Å²) in [5.41, 5.74) is 4.87. The smallest absolute Gasteiger partial charge is 0.175 e. The van der Waals surface area contributed by atoms with Crippen LogP contribution in [-0.4, -0.2) is 14.7 Å². The maximum atomic E-state index is 13.3. The second-order valence-corrected chi connectivity index (χ2v) is 7.47. The number of rotatable bonds is 2. The van der Waals surface area contributed by atoms with Crippen molar-refractivity contribution < 1.29 is 12.8 Å². The molecule has 112 valence electrons. The van der Waals surface area contributed by atoms with Gasteiger partial charge in [-0.2, -0.15) is 0 Å². The molecule has 22 heavy (non-hydrogen) atoms. The highest BCUT2D eigenvalue weighted by atomic mass is 32.2. The van der Waals surface area contributed by atoms with Gasteiger partial charge in [-0.15, -0.1) is 0 Å². The number of halogens is 1. The molecule has 2 aromatic carbocycles. The highest BCUT2D eigenvalue weighted by molar-refractivity contribution is 7.90. The third kappa shape index (κ3) is 2.74. The molecule has 0 N–H and O–H groups in total. The summed E-state index contributed by atoms with van der Waals surface area (Å²) in [6.07, 6.45) is 5.13. The molecular weight excluding hydrogens is 299 g/mol. The van der Waals surface area contributed by atoms with E-state index in [0.29, 0.717) is 4.90 Å². The highest BCUT2D eigenvalue weighted by Gasteiger charge is 2.16. The van der Waals surface area contributed by atoms with Crippen LogP contribution in [0.4, 0.5) is 4.39 Å². The molecule has 0 atom stereocenters. The van der Waals surface area contributed by atoms with Crippen LogP contribution in [-0.2, 0) is 9.84 Å². The second-order valence-electron chi connectivity index (χ2n) is 5.46. The molecule has 1 aliphatic carbocycles. The predicted molar refractivity (Wildman–Crippen MR) is 87.5 cm³/mol. The van der Waals surface area contributed by atoms with Gasteiger partial charge in [0.1, 0.15) is 5.82 Å². The highest BCUT2D eigenvalue weighted by Crippen LogP contribution is 2.36. The molecule has 0 unspecified atom stereocenters. The van der Waals surface area contributed by atoms with Crippen molar-refractivity contribution in [1.29, 1.82) is 0 Å². The molecule has 0 radical (unpaired) electrons. The van der Waals surface area contributed by atoms with Crippen molar-refractivity contribution in [2.24, 2.45) is 0 Å². The van der Waals surface area contributed by atoms with E-state index in [1.165, 1.54) is 18.4 Å². The molecule has 4 heteroatoms. The molecule has 0 saturated carbocycles. The third-order valence-corrected chi connectivity index (χ3v) is 4.85. The molecule has 0 fully saturated rings. The zero-order valence-corrected chi connectivity index (χ0v) is 13.1. The Bertz CT molecular complexity index is 905. The maximum Gasteiger partial charge on any atom is 0.175 e. The summed E-state index contributed by atoms with van der Waals surface area (Å²) in [7, 11) is -3.18. The quantitative estimate of drug-likeness (QED) is 0.833. The average molecular weight is 314 g/mol. The molecule has 1 aliphatic rings. The van der Waals surface area contributed by atoms with Crippen molar-refractivity contribution in [3.05, 3.63) is 70.5 Å². The van der Waals surface area contributed by atoms with Gasteiger partial charge in [0, 0.05) is 6.26 Å². The van der Waals surface area contributed by atoms with E-state index in [9.17, 15) is 12.8 Å². The van der Waals surface area contributed by atoms with E-state index in [-0.39, 0.29) is 5.82 Å². The monoisotopic (exact) mass is 314 g/mol. The summed E-state index contributed by atoms with van der Waals surface area (Å²) in [6, 6.07) is 11.5. The van der Waals surface area contributed by atoms with Crippen LogP contribution in [0, 0.1) is 5.82 Å². The lowest BCUT2D eigenvalue weighted by atomic mass is 10.0. The van der Waals surface area contributed by atoms with Crippen molar-refractivity contribution in [3.63, 3.8) is 0 Å². The standard InChI is InChI=1S/C18H15FO2S/c1-12-9-14-11-15(19)5-8-17(14)18(12)10-13-3-6-16(7-4-13)22(2,20)21/h3-11H,1-2H3/b18-10-. The molecule has 0 amide bonds. The van der Waals surface area contributed by atoms with Crippen LogP contribution in [0.1, 0.15) is 23.6 Å². The van der Waals surface area contributed by atoms with E-state index in [4.69, 9.17) is 0 Å². The van der Waals surface area contributed by atoms with E-state index in [0.717, 1.165) is 27.8 Å². The lowest BCUT2D eigenvalue weighted by Gasteiger charge is -2.05. The van der Waals surface area contributed by atoms with Crippen LogP contribution in [0.3, 0.4) is 0 Å². The van der Waals surface area contributed by atoms with Gasteiger partial charge in [0.2, 0.25) is 0 Å². The summed E-state index contributed by atoms with van der Waals surface area (Å²) in [5.74, 6) is -0.249. The molecule has 0 aliphatic heterocycles. The first-order chi connectivity index (χ1) is 10.3. The first-order valence-electron chi connectivity index (χ1n) is 6.85. The van der Waals surface area contributed by atoms with Gasteiger partial charge in [0.05, 0.1) is 4.90 Å². The SMILES string of the molecule is CC1=Cc2cc(F)ccc2/C1=C\c1ccc(S(C)(=O)=O)cc1. The van der Waals surface area contributed by atoms with Crippen molar-refractivity contribution in [2.45, 2.75) is 11.8 Å². The lowest BCUT2D eigenvalue weighted by molar-refractivity contribution is 0.602. The van der Waals surface area contributed by atoms with Crippen molar-refractivity contribution in [1.82, 2.24) is 0 Å². The van der Waals surface area contributed by atoms with E-state index < -0.39 is 9.84 Å². The molecule has 0 bridgehead atoms. The first-order valence-corrected chi connectivity index (χ1v) is 8.74. The Labute approximate surface area is 129 Å². The summed E-state index contributed by atoms with van der Waals surface area (Å²) >= 11 is 0. The Morgan fingerprint density at radius 2 is 1.73 bits per heavy atom. The molecular formula is C18H15FO2S. The van der Waals surface area contributed by atoms with Crippen molar-refractivity contribution in [2.75, 3.05) is 6.26 Å². The largest absolute Gasteiger partial charge is 0.224 e. The Balaban J connectivity index is 2.02. The van der Waals surface area contributed by atoms with E-state index >= 15 is 0 Å². The van der Waals surface area contributed by atoms with Crippen molar-refractivity contribution >= 4 is 27.6 Å². The fourth-order valence-electron chi connectivity index (χ4n) is 2.59. The molecule has 0 heterocycles. The summed E-state index contributed by atoms with van der Waals surface area (Å²) in [4.78, 5) is 0.302. The molecule has 0 spiro atoms. The number of hydrogen-bond acceptors (Lipinski definition) is 2. The van der Waals surface area contributed by atoms with Gasteiger partial charge in [-0.1, -0.05) is 24.3 Å². The first kappa shape index (κ1) is 14.7. The maximum absolute atomic E-state index is 13.3. The van der Waals surface area contributed by atoms with Crippen LogP contribution in [0.25, 0.3) is 17.7 Å². The minimum atomic E-state index is -3.18. The zero-order valence-electron chi connectivity index (χ0n) is 12.3. The van der Waals surface area contributed by atoms with Gasteiger partial charge >= 0.3 is 0 Å². The molecule has 0 aromatic heterocycles. The zero-order chi connectivity index (χ0) is 15.9. The molecule has 0 saturated heterocycles. The van der Waals surface area contributed by atoms with E-state index in [1.807, 2.05) is 19.1 Å². The Morgan fingerprint density at radius 3 is 2.36 bits per heavy atom.